The average molecular weight is 368 g/mol. The van der Waals surface area contributed by atoms with E-state index in [1.54, 1.807) is 11.0 Å². The Morgan fingerprint density at radius 2 is 1.90 bits per heavy atom. The van der Waals surface area contributed by atoms with Gasteiger partial charge in [0.15, 0.2) is 0 Å². The van der Waals surface area contributed by atoms with Crippen LogP contribution in [0.1, 0.15) is 12.0 Å². The second kappa shape index (κ2) is 6.42. The maximum Gasteiger partial charge on any atom is 0.137 e. The summed E-state index contributed by atoms with van der Waals surface area (Å²) in [5.41, 5.74) is 0.0220. The summed E-state index contributed by atoms with van der Waals surface area (Å²) in [6.07, 6.45) is 3.89. The summed E-state index contributed by atoms with van der Waals surface area (Å²) in [5, 5.41) is 15.4. The van der Waals surface area contributed by atoms with E-state index < -0.39 is 13.7 Å². The van der Waals surface area contributed by atoms with Gasteiger partial charge >= 0.3 is 0 Å². The van der Waals surface area contributed by atoms with Crippen LogP contribution in [0, 0.1) is 0 Å². The van der Waals surface area contributed by atoms with Gasteiger partial charge in [-0.25, -0.2) is 9.67 Å². The number of nitrogens with zero attached hydrogens (tertiary/aromatic N) is 3. The molecular formula is C15H22BrN3OSi. The van der Waals surface area contributed by atoms with E-state index in [0.29, 0.717) is 6.54 Å². The lowest BCUT2D eigenvalue weighted by molar-refractivity contribution is 0.0106. The fourth-order valence-electron chi connectivity index (χ4n) is 2.24. The molecule has 0 saturated heterocycles. The maximum atomic E-state index is 11.2. The molecule has 114 valence electrons. The zero-order valence-corrected chi connectivity index (χ0v) is 15.3. The largest absolute Gasteiger partial charge is 0.383 e. The second-order valence-electron chi connectivity index (χ2n) is 6.69. The Labute approximate surface area is 135 Å². The molecule has 4 nitrogen and oxygen atoms in total. The molecule has 1 unspecified atom stereocenters. The van der Waals surface area contributed by atoms with E-state index in [4.69, 9.17) is 0 Å². The predicted octanol–water partition coefficient (Wildman–Crippen LogP) is 3.66. The van der Waals surface area contributed by atoms with Crippen molar-refractivity contribution in [1.82, 2.24) is 14.8 Å². The Hall–Kier alpha value is -0.983. The fourth-order valence-corrected chi connectivity index (χ4v) is 3.67. The van der Waals surface area contributed by atoms with Gasteiger partial charge in [0.1, 0.15) is 18.3 Å². The van der Waals surface area contributed by atoms with E-state index in [1.807, 2.05) is 24.3 Å². The topological polar surface area (TPSA) is 50.9 Å². The van der Waals surface area contributed by atoms with E-state index in [9.17, 15) is 5.11 Å². The summed E-state index contributed by atoms with van der Waals surface area (Å²) < 4.78 is 2.71. The minimum atomic E-state index is -1.23. The Balaban J connectivity index is 2.26. The molecule has 21 heavy (non-hydrogen) atoms. The van der Waals surface area contributed by atoms with Crippen molar-refractivity contribution in [3.05, 3.63) is 47.0 Å². The lowest BCUT2D eigenvalue weighted by atomic mass is 9.91. The van der Waals surface area contributed by atoms with Crippen LogP contribution in [0.5, 0.6) is 0 Å². The second-order valence-corrected chi connectivity index (χ2v) is 13.2. The van der Waals surface area contributed by atoms with Crippen LogP contribution in [-0.2, 0) is 12.1 Å². The summed E-state index contributed by atoms with van der Waals surface area (Å²) in [5.74, 6) is 0. The smallest absolute Gasteiger partial charge is 0.137 e. The van der Waals surface area contributed by atoms with Crippen molar-refractivity contribution in [2.75, 3.05) is 0 Å². The minimum Gasteiger partial charge on any atom is -0.383 e. The van der Waals surface area contributed by atoms with Gasteiger partial charge in [-0.05, 0) is 24.1 Å². The van der Waals surface area contributed by atoms with Gasteiger partial charge in [-0.2, -0.15) is 5.10 Å². The van der Waals surface area contributed by atoms with Crippen molar-refractivity contribution in [2.24, 2.45) is 0 Å². The molecule has 0 spiro atoms. The summed E-state index contributed by atoms with van der Waals surface area (Å²) in [4.78, 5) is 3.96. The first-order chi connectivity index (χ1) is 9.78. The van der Waals surface area contributed by atoms with Crippen LogP contribution >= 0.6 is 15.9 Å². The van der Waals surface area contributed by atoms with Crippen LogP contribution in [0.4, 0.5) is 0 Å². The molecule has 0 aliphatic carbocycles. The number of hydrogen-bond acceptors (Lipinski definition) is 3. The number of benzene rings is 1. The van der Waals surface area contributed by atoms with Crippen molar-refractivity contribution in [3.63, 3.8) is 0 Å². The highest BCUT2D eigenvalue weighted by Crippen LogP contribution is 2.32. The lowest BCUT2D eigenvalue weighted by Crippen LogP contribution is -2.34. The number of halogens is 1. The third-order valence-electron chi connectivity index (χ3n) is 3.56. The van der Waals surface area contributed by atoms with Gasteiger partial charge in [0, 0.05) is 12.5 Å². The number of aromatic nitrogens is 3. The van der Waals surface area contributed by atoms with Crippen molar-refractivity contribution in [1.29, 1.82) is 0 Å². The van der Waals surface area contributed by atoms with Crippen LogP contribution in [0.3, 0.4) is 0 Å². The first-order valence-electron chi connectivity index (χ1n) is 7.09. The van der Waals surface area contributed by atoms with Crippen molar-refractivity contribution in [2.45, 2.75) is 44.3 Å². The SMILES string of the molecule is C[Si](C)(C)CCC(O)(Cn1cncn1)c1ccc(Br)cc1. The van der Waals surface area contributed by atoms with Crippen LogP contribution in [0.15, 0.2) is 41.4 Å². The zero-order valence-electron chi connectivity index (χ0n) is 12.8. The van der Waals surface area contributed by atoms with E-state index >= 15 is 0 Å². The van der Waals surface area contributed by atoms with Gasteiger partial charge in [0.05, 0.1) is 6.54 Å². The molecule has 0 aliphatic rings. The number of rotatable bonds is 6. The summed E-state index contributed by atoms with van der Waals surface area (Å²) >= 11 is 3.44. The highest BCUT2D eigenvalue weighted by Gasteiger charge is 2.32. The third-order valence-corrected chi connectivity index (χ3v) is 5.84. The highest BCUT2D eigenvalue weighted by atomic mass is 79.9. The molecule has 0 fully saturated rings. The molecule has 1 aromatic heterocycles. The minimum absolute atomic E-state index is 0.430. The molecule has 0 radical (unpaired) electrons. The van der Waals surface area contributed by atoms with E-state index in [1.165, 1.54) is 6.33 Å². The van der Waals surface area contributed by atoms with Gasteiger partial charge < -0.3 is 5.11 Å². The molecule has 0 saturated carbocycles. The van der Waals surface area contributed by atoms with Crippen molar-refractivity contribution in [3.8, 4) is 0 Å². The molecule has 2 aromatic rings. The van der Waals surface area contributed by atoms with Crippen LogP contribution in [-0.4, -0.2) is 27.9 Å². The Morgan fingerprint density at radius 1 is 1.24 bits per heavy atom. The number of aliphatic hydroxyl groups is 1. The lowest BCUT2D eigenvalue weighted by Gasteiger charge is -2.31. The molecular weight excluding hydrogens is 346 g/mol. The zero-order chi connectivity index (χ0) is 15.5. The van der Waals surface area contributed by atoms with Crippen LogP contribution in [0.25, 0.3) is 0 Å². The third kappa shape index (κ3) is 4.76. The highest BCUT2D eigenvalue weighted by molar-refractivity contribution is 9.10. The van der Waals surface area contributed by atoms with Gasteiger partial charge in [0.2, 0.25) is 0 Å². The predicted molar refractivity (Wildman–Crippen MR) is 90.8 cm³/mol. The molecule has 6 heteroatoms. The van der Waals surface area contributed by atoms with Crippen LogP contribution < -0.4 is 0 Å². The monoisotopic (exact) mass is 367 g/mol. The molecule has 1 aromatic carbocycles. The van der Waals surface area contributed by atoms with Gasteiger partial charge in [0.25, 0.3) is 0 Å². The van der Waals surface area contributed by atoms with E-state index in [2.05, 4.69) is 45.7 Å². The normalized spacial score (nSPS) is 14.9. The van der Waals surface area contributed by atoms with Crippen molar-refractivity contribution < 1.29 is 5.11 Å². The van der Waals surface area contributed by atoms with Gasteiger partial charge in [-0.15, -0.1) is 0 Å². The summed E-state index contributed by atoms with van der Waals surface area (Å²) in [6, 6.07) is 8.96. The molecule has 1 atom stereocenters. The van der Waals surface area contributed by atoms with E-state index in [0.717, 1.165) is 22.5 Å². The first-order valence-corrected chi connectivity index (χ1v) is 11.6. The summed E-state index contributed by atoms with van der Waals surface area (Å²) in [6.45, 7) is 7.40. The Bertz CT molecular complexity index is 566. The Morgan fingerprint density at radius 3 is 2.43 bits per heavy atom. The molecule has 1 heterocycles. The molecule has 1 N–H and O–H groups in total. The maximum absolute atomic E-state index is 11.2. The first kappa shape index (κ1) is 16.4. The molecule has 2 rings (SSSR count). The molecule has 0 amide bonds. The Kier molecular flexibility index (Phi) is 5.01. The standard InChI is InChI=1S/C15H22BrN3OSi/c1-21(2,3)9-8-15(20,10-19-12-17-11-18-19)13-4-6-14(16)7-5-13/h4-7,11-12,20H,8-10H2,1-3H3. The molecule has 0 bridgehead atoms. The molecule has 0 aliphatic heterocycles. The van der Waals surface area contributed by atoms with Crippen LogP contribution in [0.2, 0.25) is 25.7 Å². The average Bonchev–Trinajstić information content (AvgIpc) is 2.89. The van der Waals surface area contributed by atoms with Gasteiger partial charge in [-0.1, -0.05) is 53.7 Å². The van der Waals surface area contributed by atoms with Gasteiger partial charge in [-0.3, -0.25) is 0 Å². The summed E-state index contributed by atoms with van der Waals surface area (Å²) in [7, 11) is -1.23. The number of hydrogen-bond donors (Lipinski definition) is 1. The fraction of sp³-hybridized carbons (Fsp3) is 0.467. The van der Waals surface area contributed by atoms with E-state index in [-0.39, 0.29) is 0 Å². The quantitative estimate of drug-likeness (QED) is 0.792. The van der Waals surface area contributed by atoms with Crippen molar-refractivity contribution >= 4 is 24.0 Å².